The van der Waals surface area contributed by atoms with Crippen molar-refractivity contribution in [3.63, 3.8) is 0 Å². The van der Waals surface area contributed by atoms with Gasteiger partial charge >= 0.3 is 6.09 Å². The van der Waals surface area contributed by atoms with Crippen molar-refractivity contribution in [3.8, 4) is 0 Å². The third-order valence-corrected chi connectivity index (χ3v) is 6.73. The Bertz CT molecular complexity index is 1070. The van der Waals surface area contributed by atoms with E-state index in [2.05, 4.69) is 0 Å². The van der Waals surface area contributed by atoms with Crippen LogP contribution in [-0.4, -0.2) is 69.8 Å². The number of ether oxygens (including phenoxy) is 1. The Morgan fingerprint density at radius 3 is 2.70 bits per heavy atom. The fourth-order valence-electron chi connectivity index (χ4n) is 4.68. The van der Waals surface area contributed by atoms with Crippen molar-refractivity contribution in [2.75, 3.05) is 26.2 Å². The Balaban J connectivity index is 1.54. The van der Waals surface area contributed by atoms with Gasteiger partial charge in [0.1, 0.15) is 5.60 Å². The maximum atomic E-state index is 13.3. The predicted octanol–water partition coefficient (Wildman–Crippen LogP) is 4.21. The summed E-state index contributed by atoms with van der Waals surface area (Å²) in [7, 11) is 0. The standard InChI is InChI=1S/C25H32ClN3O4/c1-25(2,3)33-24(32)29-12-11-28(15-17(29)10-13-30)23(31)16-8-9-19-21(14-16)27-20-7-5-4-6-18(20)22(19)26/h8-9,14,17,30H,4-7,10-13,15H2,1-3H3. The molecule has 1 aliphatic carbocycles. The van der Waals surface area contributed by atoms with E-state index in [0.717, 1.165) is 52.9 Å². The zero-order valence-electron chi connectivity index (χ0n) is 19.6. The number of nitrogens with zero attached hydrogens (tertiary/aromatic N) is 3. The molecule has 178 valence electrons. The molecule has 7 nitrogen and oxygen atoms in total. The fraction of sp³-hybridized carbons (Fsp3) is 0.560. The number of benzene rings is 1. The van der Waals surface area contributed by atoms with E-state index in [-0.39, 0.29) is 18.6 Å². The number of amides is 2. The quantitative estimate of drug-likeness (QED) is 0.721. The van der Waals surface area contributed by atoms with Gasteiger partial charge in [-0.25, -0.2) is 4.79 Å². The van der Waals surface area contributed by atoms with Gasteiger partial charge < -0.3 is 19.6 Å². The van der Waals surface area contributed by atoms with E-state index in [1.807, 2.05) is 32.9 Å². The Kier molecular flexibility index (Phi) is 6.82. The first-order valence-corrected chi connectivity index (χ1v) is 12.1. The zero-order valence-corrected chi connectivity index (χ0v) is 20.3. The smallest absolute Gasteiger partial charge is 0.410 e. The number of rotatable bonds is 3. The predicted molar refractivity (Wildman–Crippen MR) is 128 cm³/mol. The first-order chi connectivity index (χ1) is 15.7. The summed E-state index contributed by atoms with van der Waals surface area (Å²) in [6.07, 6.45) is 4.06. The number of hydrogen-bond acceptors (Lipinski definition) is 5. The fourth-order valence-corrected chi connectivity index (χ4v) is 5.04. The van der Waals surface area contributed by atoms with Gasteiger partial charge in [-0.1, -0.05) is 17.7 Å². The molecule has 2 aliphatic rings. The molecule has 0 spiro atoms. The van der Waals surface area contributed by atoms with Crippen molar-refractivity contribution in [1.82, 2.24) is 14.8 Å². The minimum absolute atomic E-state index is 0.0739. The molecule has 8 heteroatoms. The summed E-state index contributed by atoms with van der Waals surface area (Å²) >= 11 is 6.68. The van der Waals surface area contributed by atoms with Crippen LogP contribution in [0.3, 0.4) is 0 Å². The van der Waals surface area contributed by atoms with Crippen LogP contribution in [0.15, 0.2) is 18.2 Å². The highest BCUT2D eigenvalue weighted by atomic mass is 35.5. The Morgan fingerprint density at radius 1 is 1.21 bits per heavy atom. The number of aliphatic hydroxyl groups excluding tert-OH is 1. The molecule has 1 N–H and O–H groups in total. The van der Waals surface area contributed by atoms with Crippen molar-refractivity contribution in [2.45, 2.75) is 64.5 Å². The van der Waals surface area contributed by atoms with Gasteiger partial charge in [-0.2, -0.15) is 0 Å². The van der Waals surface area contributed by atoms with Gasteiger partial charge in [0.25, 0.3) is 5.91 Å². The molecule has 2 aromatic rings. The van der Waals surface area contributed by atoms with E-state index in [9.17, 15) is 14.7 Å². The number of fused-ring (bicyclic) bond motifs is 2. The number of hydrogen-bond donors (Lipinski definition) is 1. The summed E-state index contributed by atoms with van der Waals surface area (Å²) in [5.74, 6) is -0.112. The van der Waals surface area contributed by atoms with Crippen LogP contribution >= 0.6 is 11.6 Å². The highest BCUT2D eigenvalue weighted by Gasteiger charge is 2.35. The highest BCUT2D eigenvalue weighted by Crippen LogP contribution is 2.33. The van der Waals surface area contributed by atoms with Crippen LogP contribution in [0.25, 0.3) is 10.9 Å². The number of carbonyl (C=O) groups excluding carboxylic acids is 2. The molecule has 1 atom stereocenters. The number of halogens is 1. The normalized spacial score (nSPS) is 18.9. The summed E-state index contributed by atoms with van der Waals surface area (Å²) in [6.45, 7) is 6.49. The Labute approximate surface area is 199 Å². The zero-order chi connectivity index (χ0) is 23.8. The number of aromatic nitrogens is 1. The maximum absolute atomic E-state index is 13.3. The van der Waals surface area contributed by atoms with Gasteiger partial charge in [-0.05, 0) is 70.6 Å². The number of aryl methyl sites for hydroxylation is 1. The molecule has 1 aromatic heterocycles. The monoisotopic (exact) mass is 473 g/mol. The second kappa shape index (κ2) is 9.47. The lowest BCUT2D eigenvalue weighted by atomic mass is 9.94. The van der Waals surface area contributed by atoms with Crippen LogP contribution in [0.2, 0.25) is 5.02 Å². The topological polar surface area (TPSA) is 83.0 Å². The van der Waals surface area contributed by atoms with E-state index in [0.29, 0.717) is 31.6 Å². The lowest BCUT2D eigenvalue weighted by Crippen LogP contribution is -2.57. The maximum Gasteiger partial charge on any atom is 0.410 e. The second-order valence-electron chi connectivity index (χ2n) is 9.88. The van der Waals surface area contributed by atoms with Crippen LogP contribution in [-0.2, 0) is 17.6 Å². The highest BCUT2D eigenvalue weighted by molar-refractivity contribution is 6.36. The summed E-state index contributed by atoms with van der Waals surface area (Å²) in [6, 6.07) is 5.20. The molecule has 0 bridgehead atoms. The van der Waals surface area contributed by atoms with Crippen molar-refractivity contribution in [1.29, 1.82) is 0 Å². The molecule has 2 amide bonds. The summed E-state index contributed by atoms with van der Waals surface area (Å²) in [5, 5.41) is 11.2. The molecular weight excluding hydrogens is 442 g/mol. The molecule has 2 heterocycles. The minimum atomic E-state index is -0.605. The first-order valence-electron chi connectivity index (χ1n) is 11.7. The lowest BCUT2D eigenvalue weighted by Gasteiger charge is -2.41. The van der Waals surface area contributed by atoms with Gasteiger partial charge in [0.05, 0.1) is 16.6 Å². The lowest BCUT2D eigenvalue weighted by molar-refractivity contribution is -0.00401. The van der Waals surface area contributed by atoms with Gasteiger partial charge in [0.15, 0.2) is 0 Å². The molecule has 0 saturated carbocycles. The second-order valence-corrected chi connectivity index (χ2v) is 10.3. The number of pyridine rings is 1. The molecule has 1 unspecified atom stereocenters. The Hall–Kier alpha value is -2.38. The average molecular weight is 474 g/mol. The summed E-state index contributed by atoms with van der Waals surface area (Å²) in [4.78, 5) is 34.2. The van der Waals surface area contributed by atoms with Crippen LogP contribution in [0.4, 0.5) is 4.79 Å². The average Bonchev–Trinajstić information content (AvgIpc) is 2.77. The van der Waals surface area contributed by atoms with E-state index in [1.54, 1.807) is 15.9 Å². The molecule has 1 aromatic carbocycles. The van der Waals surface area contributed by atoms with Crippen molar-refractivity contribution < 1.29 is 19.4 Å². The molecular formula is C25H32ClN3O4. The largest absolute Gasteiger partial charge is 0.444 e. The third-order valence-electron chi connectivity index (χ3n) is 6.30. The van der Waals surface area contributed by atoms with Crippen LogP contribution in [0.5, 0.6) is 0 Å². The van der Waals surface area contributed by atoms with Crippen LogP contribution in [0.1, 0.15) is 61.6 Å². The van der Waals surface area contributed by atoms with Gasteiger partial charge in [0.2, 0.25) is 0 Å². The minimum Gasteiger partial charge on any atom is -0.444 e. The van der Waals surface area contributed by atoms with Crippen molar-refractivity contribution >= 4 is 34.5 Å². The van der Waals surface area contributed by atoms with Crippen LogP contribution in [0, 0.1) is 0 Å². The van der Waals surface area contributed by atoms with E-state index < -0.39 is 11.7 Å². The van der Waals surface area contributed by atoms with E-state index in [1.165, 1.54) is 0 Å². The van der Waals surface area contributed by atoms with Gasteiger partial charge in [-0.15, -0.1) is 0 Å². The SMILES string of the molecule is CC(C)(C)OC(=O)N1CCN(C(=O)c2ccc3c(Cl)c4c(nc3c2)CCCC4)CC1CCO. The first kappa shape index (κ1) is 23.8. The number of carbonyl (C=O) groups is 2. The van der Waals surface area contributed by atoms with Crippen molar-refractivity contribution in [3.05, 3.63) is 40.0 Å². The molecule has 4 rings (SSSR count). The van der Waals surface area contributed by atoms with Gasteiger partial charge in [0, 0.05) is 42.9 Å². The molecule has 0 radical (unpaired) electrons. The van der Waals surface area contributed by atoms with Crippen LogP contribution < -0.4 is 0 Å². The summed E-state index contributed by atoms with van der Waals surface area (Å²) in [5.41, 5.74) is 2.87. The molecule has 1 aliphatic heterocycles. The van der Waals surface area contributed by atoms with Crippen molar-refractivity contribution in [2.24, 2.45) is 0 Å². The number of piperazine rings is 1. The van der Waals surface area contributed by atoms with E-state index >= 15 is 0 Å². The third kappa shape index (κ3) is 5.09. The summed E-state index contributed by atoms with van der Waals surface area (Å²) < 4.78 is 5.52. The number of aliphatic hydroxyl groups is 1. The molecule has 1 saturated heterocycles. The van der Waals surface area contributed by atoms with E-state index in [4.69, 9.17) is 21.3 Å². The molecule has 1 fully saturated rings. The Morgan fingerprint density at radius 2 is 1.97 bits per heavy atom. The van der Waals surface area contributed by atoms with Gasteiger partial charge in [-0.3, -0.25) is 9.78 Å². The molecule has 33 heavy (non-hydrogen) atoms.